The van der Waals surface area contributed by atoms with Gasteiger partial charge in [-0.1, -0.05) is 11.8 Å². The summed E-state index contributed by atoms with van der Waals surface area (Å²) in [4.78, 5) is 19.1. The van der Waals surface area contributed by atoms with Crippen molar-refractivity contribution in [1.82, 2.24) is 0 Å². The van der Waals surface area contributed by atoms with Crippen molar-refractivity contribution < 1.29 is 75.2 Å². The first kappa shape index (κ1) is 15.1. The van der Waals surface area contributed by atoms with Crippen molar-refractivity contribution in [3.05, 3.63) is 0 Å². The second-order valence-corrected chi connectivity index (χ2v) is 5.00. The third-order valence-corrected chi connectivity index (χ3v) is 2.12. The molecule has 1 unspecified atom stereocenters. The first-order valence-corrected chi connectivity index (χ1v) is 6.02. The molecule has 3 atom stereocenters. The predicted octanol–water partition coefficient (Wildman–Crippen LogP) is -3.65. The topological polar surface area (TPSA) is 71.0 Å². The minimum Gasteiger partial charge on any atom is -0.780 e. The van der Waals surface area contributed by atoms with Gasteiger partial charge >= 0.3 is 51.4 Å². The first-order valence-electron chi connectivity index (χ1n) is 3.43. The predicted molar refractivity (Wildman–Crippen MR) is 42.7 cm³/mol. The molecule has 0 aliphatic carbocycles. The van der Waals surface area contributed by atoms with E-state index >= 15 is 0 Å². The summed E-state index contributed by atoms with van der Waals surface area (Å²) < 4.78 is 14.6. The van der Waals surface area contributed by atoms with Gasteiger partial charge in [0.1, 0.15) is 12.8 Å². The van der Waals surface area contributed by atoms with Gasteiger partial charge in [-0.05, 0) is 6.92 Å². The Kier molecular flexibility index (Phi) is 7.68. The third kappa shape index (κ3) is 7.05. The molecule has 5 nitrogen and oxygen atoms in total. The van der Waals surface area contributed by atoms with Crippen LogP contribution in [0, 0.1) is 0 Å². The molecule has 0 aromatic rings. The Balaban J connectivity index is 0.00000144. The van der Waals surface area contributed by atoms with Crippen molar-refractivity contribution in [2.75, 3.05) is 13.2 Å². The van der Waals surface area contributed by atoms with Crippen LogP contribution in [-0.4, -0.2) is 30.5 Å². The second kappa shape index (κ2) is 6.62. The Bertz CT molecular complexity index is 197. The zero-order valence-corrected chi connectivity index (χ0v) is 12.3. The molecule has 0 spiro atoms. The largest absolute Gasteiger partial charge is 1.00 e. The molecule has 0 bridgehead atoms. The van der Waals surface area contributed by atoms with Crippen molar-refractivity contribution in [2.24, 2.45) is 0 Å². The van der Waals surface area contributed by atoms with Gasteiger partial charge in [-0.25, -0.2) is 0 Å². The first-order chi connectivity index (χ1) is 5.47. The zero-order chi connectivity index (χ0) is 9.19. The molecule has 1 N–H and O–H groups in total. The average Bonchev–Trinajstić information content (AvgIpc) is 2.30. The number of hydrogen-bond donors (Lipinski definition) is 1. The Morgan fingerprint density at radius 2 is 2.38 bits per heavy atom. The average molecular weight is 252 g/mol. The van der Waals surface area contributed by atoms with E-state index in [-0.39, 0.29) is 70.4 Å². The fourth-order valence-electron chi connectivity index (χ4n) is 0.857. The van der Waals surface area contributed by atoms with Crippen LogP contribution in [0.15, 0.2) is 0 Å². The van der Waals surface area contributed by atoms with Gasteiger partial charge in [0.2, 0.25) is 0 Å². The molecular weight excluding hydrogens is 242 g/mol. The molecule has 1 fully saturated rings. The second-order valence-electron chi connectivity index (χ2n) is 2.42. The van der Waals surface area contributed by atoms with Gasteiger partial charge in [-0.2, -0.15) is 0 Å². The number of rotatable bonds is 3. The Morgan fingerprint density at radius 1 is 1.77 bits per heavy atom. The summed E-state index contributed by atoms with van der Waals surface area (Å²) in [6.07, 6.45) is -0.565. The van der Waals surface area contributed by atoms with E-state index in [9.17, 15) is 4.89 Å². The van der Waals surface area contributed by atoms with Gasteiger partial charge in [0.05, 0.1) is 13.2 Å². The van der Waals surface area contributed by atoms with Crippen molar-refractivity contribution in [3.8, 4) is 0 Å². The van der Waals surface area contributed by atoms with Gasteiger partial charge in [-0.15, -0.1) is 0 Å². The van der Waals surface area contributed by atoms with E-state index in [0.29, 0.717) is 6.61 Å². The third-order valence-electron chi connectivity index (χ3n) is 1.32. The monoisotopic (exact) mass is 252 g/mol. The summed E-state index contributed by atoms with van der Waals surface area (Å²) in [5, 5.41) is 0. The van der Waals surface area contributed by atoms with E-state index in [2.05, 4.69) is 16.3 Å². The van der Waals surface area contributed by atoms with E-state index in [1.54, 1.807) is 6.92 Å². The van der Waals surface area contributed by atoms with Crippen LogP contribution >= 0.6 is 6.72 Å². The normalized spacial score (nSPS) is 32.2. The van der Waals surface area contributed by atoms with E-state index in [1.807, 2.05) is 0 Å². The van der Waals surface area contributed by atoms with Crippen molar-refractivity contribution in [3.63, 3.8) is 0 Å². The maximum Gasteiger partial charge on any atom is 1.00 e. The van der Waals surface area contributed by atoms with Crippen molar-refractivity contribution in [1.29, 1.82) is 0 Å². The molecule has 1 aliphatic heterocycles. The fourth-order valence-corrected chi connectivity index (χ4v) is 1.39. The molecule has 8 heteroatoms. The minimum atomic E-state index is -3.79. The summed E-state index contributed by atoms with van der Waals surface area (Å²) in [6.45, 7) is -1.67. The van der Waals surface area contributed by atoms with E-state index in [4.69, 9.17) is 14.4 Å². The summed E-state index contributed by atoms with van der Waals surface area (Å²) in [5.41, 5.74) is 0. The molecule has 0 aromatic carbocycles. The van der Waals surface area contributed by atoms with E-state index < -0.39 is 6.72 Å². The summed E-state index contributed by atoms with van der Waals surface area (Å²) >= 11 is 4.14. The molecule has 1 rings (SSSR count). The minimum absolute atomic E-state index is 0. The van der Waals surface area contributed by atoms with Crippen LogP contribution in [0.3, 0.4) is 0 Å². The van der Waals surface area contributed by atoms with Gasteiger partial charge in [0.25, 0.3) is 0 Å². The molecule has 0 saturated carbocycles. The molecule has 0 radical (unpaired) electrons. The van der Waals surface area contributed by atoms with Gasteiger partial charge in [-0.3, -0.25) is 0 Å². The molecular formula is C5H10KO5PS. The molecule has 72 valence electrons. The van der Waals surface area contributed by atoms with Crippen LogP contribution in [-0.2, 0) is 25.8 Å². The SMILES string of the molecule is C[C@H]1OC[C@@H](COP([O-])(O)=S)O1.[K+]. The van der Waals surface area contributed by atoms with Crippen LogP contribution in [0.25, 0.3) is 0 Å². The van der Waals surface area contributed by atoms with Gasteiger partial charge in [0.15, 0.2) is 6.29 Å². The van der Waals surface area contributed by atoms with Crippen LogP contribution in [0.2, 0.25) is 0 Å². The number of ether oxygens (including phenoxy) is 2. The Hall–Kier alpha value is 2.09. The molecule has 0 amide bonds. The number of hydrogen-bond acceptors (Lipinski definition) is 5. The maximum atomic E-state index is 10.5. The summed E-state index contributed by atoms with van der Waals surface area (Å²) in [7, 11) is 0. The fraction of sp³-hybridized carbons (Fsp3) is 1.00. The van der Waals surface area contributed by atoms with Crippen LogP contribution in [0.5, 0.6) is 0 Å². The Morgan fingerprint density at radius 3 is 2.77 bits per heavy atom. The smallest absolute Gasteiger partial charge is 0.780 e. The van der Waals surface area contributed by atoms with E-state index in [0.717, 1.165) is 0 Å². The van der Waals surface area contributed by atoms with Crippen LogP contribution < -0.4 is 56.3 Å². The zero-order valence-electron chi connectivity index (χ0n) is 7.50. The van der Waals surface area contributed by atoms with Crippen LogP contribution in [0.4, 0.5) is 0 Å². The summed E-state index contributed by atoms with van der Waals surface area (Å²) in [6, 6.07) is 0. The van der Waals surface area contributed by atoms with Crippen LogP contribution in [0.1, 0.15) is 6.92 Å². The molecule has 1 aliphatic rings. The quantitative estimate of drug-likeness (QED) is 0.412. The van der Waals surface area contributed by atoms with Crippen molar-refractivity contribution in [2.45, 2.75) is 19.3 Å². The molecule has 0 aromatic heterocycles. The summed E-state index contributed by atoms with van der Waals surface area (Å²) in [5.74, 6) is 0. The Labute approximate surface area is 124 Å². The van der Waals surface area contributed by atoms with Gasteiger partial charge in [0, 0.05) is 0 Å². The van der Waals surface area contributed by atoms with E-state index in [1.165, 1.54) is 0 Å². The van der Waals surface area contributed by atoms with Gasteiger partial charge < -0.3 is 23.8 Å². The molecule has 1 heterocycles. The molecule has 1 saturated heterocycles. The van der Waals surface area contributed by atoms with Crippen molar-refractivity contribution >= 4 is 18.5 Å². The standard InChI is InChI=1S/C5H11O5PS.K/c1-4-8-2-5(10-4)3-9-11(6,7)12;/h4-5H,2-3H2,1H3,(H2,6,7,12);/q;+1/p-1/t4-,5-;/m0./s1. The maximum absolute atomic E-state index is 10.5. The molecule has 13 heavy (non-hydrogen) atoms.